The Morgan fingerprint density at radius 1 is 0.962 bits per heavy atom. The molecule has 0 spiro atoms. The van der Waals surface area contributed by atoms with Crippen LogP contribution in [0.5, 0.6) is 0 Å². The molecule has 2 aromatic rings. The highest BCUT2D eigenvalue weighted by atomic mass is 32.2. The van der Waals surface area contributed by atoms with E-state index in [0.717, 1.165) is 25.1 Å². The topological polar surface area (TPSA) is 64.4 Å². The maximum Gasteiger partial charge on any atom is 0.243 e. The first-order valence-electron chi connectivity index (χ1n) is 8.46. The number of halogens is 1. The van der Waals surface area contributed by atoms with Crippen molar-refractivity contribution in [2.24, 2.45) is 0 Å². The summed E-state index contributed by atoms with van der Waals surface area (Å²) in [5.74, 6) is -0.451. The molecule has 0 radical (unpaired) electrons. The van der Waals surface area contributed by atoms with Gasteiger partial charge in [-0.15, -0.1) is 0 Å². The van der Waals surface area contributed by atoms with E-state index < -0.39 is 15.8 Å². The fourth-order valence-electron chi connectivity index (χ4n) is 3.04. The van der Waals surface area contributed by atoms with Gasteiger partial charge in [-0.1, -0.05) is 12.1 Å². The number of benzene rings is 2. The lowest BCUT2D eigenvalue weighted by Gasteiger charge is -2.22. The van der Waals surface area contributed by atoms with Crippen LogP contribution in [0.2, 0.25) is 0 Å². The zero-order valence-corrected chi connectivity index (χ0v) is 15.1. The first-order valence-corrected chi connectivity index (χ1v) is 9.90. The molecule has 136 valence electrons. The number of sulfonamides is 1. The van der Waals surface area contributed by atoms with Crippen molar-refractivity contribution in [2.45, 2.75) is 17.9 Å². The Hall–Kier alpha value is -2.27. The van der Waals surface area contributed by atoms with Crippen molar-refractivity contribution in [1.82, 2.24) is 9.21 Å². The van der Waals surface area contributed by atoms with E-state index in [0.29, 0.717) is 25.2 Å². The summed E-state index contributed by atoms with van der Waals surface area (Å²) in [4.78, 5) is 2.33. The van der Waals surface area contributed by atoms with Crippen LogP contribution in [0, 0.1) is 17.1 Å². The minimum Gasteiger partial charge on any atom is -0.298 e. The maximum absolute atomic E-state index is 13.1. The summed E-state index contributed by atoms with van der Waals surface area (Å²) in [6, 6.07) is 14.5. The first-order chi connectivity index (χ1) is 12.5. The summed E-state index contributed by atoms with van der Waals surface area (Å²) in [6.07, 6.45) is 0.733. The van der Waals surface area contributed by atoms with Crippen LogP contribution in [0.15, 0.2) is 53.4 Å². The second-order valence-corrected chi connectivity index (χ2v) is 8.23. The van der Waals surface area contributed by atoms with Crippen molar-refractivity contribution in [3.05, 3.63) is 65.5 Å². The molecule has 1 aliphatic heterocycles. The predicted octanol–water partition coefficient (Wildman–Crippen LogP) is 2.59. The van der Waals surface area contributed by atoms with E-state index in [4.69, 9.17) is 5.26 Å². The van der Waals surface area contributed by atoms with Gasteiger partial charge in [0.2, 0.25) is 10.0 Å². The third kappa shape index (κ3) is 4.28. The van der Waals surface area contributed by atoms with Gasteiger partial charge in [0, 0.05) is 26.2 Å². The van der Waals surface area contributed by atoms with Gasteiger partial charge in [-0.05, 0) is 54.9 Å². The highest BCUT2D eigenvalue weighted by molar-refractivity contribution is 7.89. The molecule has 26 heavy (non-hydrogen) atoms. The van der Waals surface area contributed by atoms with Gasteiger partial charge >= 0.3 is 0 Å². The lowest BCUT2D eigenvalue weighted by molar-refractivity contribution is 0.278. The van der Waals surface area contributed by atoms with E-state index >= 15 is 0 Å². The monoisotopic (exact) mass is 373 g/mol. The summed E-state index contributed by atoms with van der Waals surface area (Å²) >= 11 is 0. The van der Waals surface area contributed by atoms with Crippen LogP contribution in [-0.2, 0) is 16.6 Å². The van der Waals surface area contributed by atoms with Crippen molar-refractivity contribution >= 4 is 10.0 Å². The second kappa shape index (κ2) is 7.96. The summed E-state index contributed by atoms with van der Waals surface area (Å²) in [6.45, 7) is 2.99. The molecule has 1 heterocycles. The molecule has 7 heteroatoms. The molecule has 0 bridgehead atoms. The molecule has 2 aromatic carbocycles. The zero-order chi connectivity index (χ0) is 18.6. The standard InChI is InChI=1S/C19H20FN3O2S/c20-18-6-8-19(9-7-18)26(24,25)23-11-1-10-22(12-13-23)15-17-4-2-16(14-21)3-5-17/h2-9H,1,10-13,15H2. The number of nitrogens with zero attached hydrogens (tertiary/aromatic N) is 3. The van der Waals surface area contributed by atoms with Crippen LogP contribution < -0.4 is 0 Å². The molecule has 0 N–H and O–H groups in total. The first kappa shape index (κ1) is 18.5. The third-order valence-corrected chi connectivity index (χ3v) is 6.40. The van der Waals surface area contributed by atoms with E-state index in [1.165, 1.54) is 28.6 Å². The third-order valence-electron chi connectivity index (χ3n) is 4.49. The molecular formula is C19H20FN3O2S. The van der Waals surface area contributed by atoms with E-state index in [-0.39, 0.29) is 4.90 Å². The lowest BCUT2D eigenvalue weighted by Crippen LogP contribution is -2.35. The Labute approximate surface area is 153 Å². The Kier molecular flexibility index (Phi) is 5.67. The van der Waals surface area contributed by atoms with Gasteiger partial charge in [-0.3, -0.25) is 4.90 Å². The Bertz CT molecular complexity index is 890. The molecule has 0 aromatic heterocycles. The van der Waals surface area contributed by atoms with E-state index in [1.807, 2.05) is 12.1 Å². The second-order valence-electron chi connectivity index (χ2n) is 6.30. The van der Waals surface area contributed by atoms with Crippen molar-refractivity contribution in [2.75, 3.05) is 26.2 Å². The Morgan fingerprint density at radius 2 is 1.65 bits per heavy atom. The maximum atomic E-state index is 13.1. The highest BCUT2D eigenvalue weighted by Crippen LogP contribution is 2.19. The van der Waals surface area contributed by atoms with E-state index in [9.17, 15) is 12.8 Å². The van der Waals surface area contributed by atoms with Crippen molar-refractivity contribution in [3.63, 3.8) is 0 Å². The summed E-state index contributed by atoms with van der Waals surface area (Å²) in [5, 5.41) is 8.86. The van der Waals surface area contributed by atoms with Gasteiger partial charge in [0.1, 0.15) is 5.82 Å². The van der Waals surface area contributed by atoms with Crippen molar-refractivity contribution in [1.29, 1.82) is 5.26 Å². The minimum absolute atomic E-state index is 0.124. The van der Waals surface area contributed by atoms with Crippen LogP contribution in [0.25, 0.3) is 0 Å². The zero-order valence-electron chi connectivity index (χ0n) is 14.3. The fourth-order valence-corrected chi connectivity index (χ4v) is 4.51. The number of nitriles is 1. The van der Waals surface area contributed by atoms with Gasteiger partial charge in [0.15, 0.2) is 0 Å². The van der Waals surface area contributed by atoms with Crippen LogP contribution in [0.4, 0.5) is 4.39 Å². The molecule has 0 unspecified atom stereocenters. The molecule has 0 amide bonds. The smallest absolute Gasteiger partial charge is 0.243 e. The quantitative estimate of drug-likeness (QED) is 0.826. The van der Waals surface area contributed by atoms with Gasteiger partial charge < -0.3 is 0 Å². The molecule has 1 fully saturated rings. The highest BCUT2D eigenvalue weighted by Gasteiger charge is 2.26. The summed E-state index contributed by atoms with van der Waals surface area (Å²) < 4.78 is 40.0. The molecule has 1 saturated heterocycles. The average Bonchev–Trinajstić information content (AvgIpc) is 2.89. The van der Waals surface area contributed by atoms with Crippen LogP contribution in [-0.4, -0.2) is 43.8 Å². The van der Waals surface area contributed by atoms with Gasteiger partial charge in [0.05, 0.1) is 16.5 Å². The van der Waals surface area contributed by atoms with Crippen LogP contribution >= 0.6 is 0 Å². The average molecular weight is 373 g/mol. The number of hydrogen-bond acceptors (Lipinski definition) is 4. The Morgan fingerprint density at radius 3 is 2.31 bits per heavy atom. The molecule has 0 saturated carbocycles. The Balaban J connectivity index is 1.65. The predicted molar refractivity (Wildman–Crippen MR) is 96.2 cm³/mol. The van der Waals surface area contributed by atoms with Gasteiger partial charge in [0.25, 0.3) is 0 Å². The van der Waals surface area contributed by atoms with Crippen LogP contribution in [0.3, 0.4) is 0 Å². The molecule has 5 nitrogen and oxygen atoms in total. The van der Waals surface area contributed by atoms with Gasteiger partial charge in [-0.2, -0.15) is 9.57 Å². The summed E-state index contributed by atoms with van der Waals surface area (Å²) in [5.41, 5.74) is 1.72. The minimum atomic E-state index is -3.60. The molecule has 0 atom stereocenters. The van der Waals surface area contributed by atoms with E-state index in [1.54, 1.807) is 12.1 Å². The normalized spacial score (nSPS) is 16.8. The van der Waals surface area contributed by atoms with Crippen LogP contribution in [0.1, 0.15) is 17.5 Å². The number of rotatable bonds is 4. The van der Waals surface area contributed by atoms with E-state index in [2.05, 4.69) is 11.0 Å². The SMILES string of the molecule is N#Cc1ccc(CN2CCCN(S(=O)(=O)c3ccc(F)cc3)CC2)cc1. The molecule has 3 rings (SSSR count). The molecule has 0 aliphatic carbocycles. The summed E-state index contributed by atoms with van der Waals surface area (Å²) in [7, 11) is -3.60. The van der Waals surface area contributed by atoms with Crippen molar-refractivity contribution in [3.8, 4) is 6.07 Å². The molecule has 1 aliphatic rings. The van der Waals surface area contributed by atoms with Gasteiger partial charge in [-0.25, -0.2) is 12.8 Å². The van der Waals surface area contributed by atoms with Crippen molar-refractivity contribution < 1.29 is 12.8 Å². The lowest BCUT2D eigenvalue weighted by atomic mass is 10.1. The fraction of sp³-hybridized carbons (Fsp3) is 0.316. The molecular weight excluding hydrogens is 353 g/mol. The number of hydrogen-bond donors (Lipinski definition) is 0. The largest absolute Gasteiger partial charge is 0.298 e.